The Labute approximate surface area is 184 Å². The van der Waals surface area contributed by atoms with E-state index in [2.05, 4.69) is 22.5 Å². The van der Waals surface area contributed by atoms with E-state index >= 15 is 0 Å². The van der Waals surface area contributed by atoms with Crippen molar-refractivity contribution < 1.29 is 14.3 Å². The average Bonchev–Trinajstić information content (AvgIpc) is 2.63. The standard InChI is InChI=1S/C20H32N4O3.HI/c1-3-22-19(24-15-20(8-5-9-20)10-11-26-2)23-13-16-6-4-7-17(12-16)27-14-18(21)25;/h4,6-7,12H,3,5,8-11,13-15H2,1-2H3,(H2,21,25)(H2,22,23,24);1H. The van der Waals surface area contributed by atoms with E-state index in [-0.39, 0.29) is 30.6 Å². The van der Waals surface area contributed by atoms with Crippen LogP contribution in [0.1, 0.15) is 38.2 Å². The van der Waals surface area contributed by atoms with Gasteiger partial charge in [0.15, 0.2) is 12.6 Å². The predicted molar refractivity (Wildman–Crippen MR) is 122 cm³/mol. The lowest BCUT2D eigenvalue weighted by Gasteiger charge is -2.42. The lowest BCUT2D eigenvalue weighted by Crippen LogP contribution is -2.46. The van der Waals surface area contributed by atoms with Gasteiger partial charge in [0.1, 0.15) is 5.75 Å². The minimum Gasteiger partial charge on any atom is -0.484 e. The number of rotatable bonds is 11. The summed E-state index contributed by atoms with van der Waals surface area (Å²) in [7, 11) is 1.76. The smallest absolute Gasteiger partial charge is 0.255 e. The molecule has 0 radical (unpaired) electrons. The highest BCUT2D eigenvalue weighted by Gasteiger charge is 2.36. The van der Waals surface area contributed by atoms with E-state index in [9.17, 15) is 4.79 Å². The first kappa shape index (κ1) is 24.5. The van der Waals surface area contributed by atoms with Gasteiger partial charge in [-0.2, -0.15) is 0 Å². The minimum absolute atomic E-state index is 0. The molecule has 1 fully saturated rings. The number of ether oxygens (including phenoxy) is 2. The minimum atomic E-state index is -0.490. The summed E-state index contributed by atoms with van der Waals surface area (Å²) >= 11 is 0. The topological polar surface area (TPSA) is 98.0 Å². The number of amides is 1. The van der Waals surface area contributed by atoms with E-state index in [4.69, 9.17) is 15.2 Å². The molecule has 8 heteroatoms. The van der Waals surface area contributed by atoms with Crippen LogP contribution < -0.4 is 21.1 Å². The zero-order valence-corrected chi connectivity index (χ0v) is 19.2. The van der Waals surface area contributed by atoms with Crippen LogP contribution >= 0.6 is 24.0 Å². The molecular formula is C20H33IN4O3. The van der Waals surface area contributed by atoms with E-state index in [1.54, 1.807) is 13.2 Å². The zero-order valence-electron chi connectivity index (χ0n) is 16.8. The summed E-state index contributed by atoms with van der Waals surface area (Å²) in [5.41, 5.74) is 6.45. The molecule has 4 N–H and O–H groups in total. The highest BCUT2D eigenvalue weighted by molar-refractivity contribution is 14.0. The van der Waals surface area contributed by atoms with E-state index in [0.717, 1.165) is 37.6 Å². The summed E-state index contributed by atoms with van der Waals surface area (Å²) < 4.78 is 10.6. The number of methoxy groups -OCH3 is 1. The molecular weight excluding hydrogens is 471 g/mol. The number of hydrogen-bond donors (Lipinski definition) is 3. The van der Waals surface area contributed by atoms with E-state index in [1.807, 2.05) is 18.2 Å². The van der Waals surface area contributed by atoms with Crippen molar-refractivity contribution in [2.75, 3.05) is 33.4 Å². The Morgan fingerprint density at radius 1 is 1.32 bits per heavy atom. The van der Waals surface area contributed by atoms with Crippen LogP contribution in [0.5, 0.6) is 5.75 Å². The molecule has 0 aromatic heterocycles. The SMILES string of the molecule is CCNC(=NCc1cccc(OCC(N)=O)c1)NCC1(CCOC)CCC1.I. The number of aliphatic imine (C=N–C) groups is 1. The maximum absolute atomic E-state index is 10.8. The second-order valence-electron chi connectivity index (χ2n) is 7.05. The highest BCUT2D eigenvalue weighted by Crippen LogP contribution is 2.43. The van der Waals surface area contributed by atoms with Gasteiger partial charge >= 0.3 is 0 Å². The van der Waals surface area contributed by atoms with Gasteiger partial charge in [0.2, 0.25) is 0 Å². The summed E-state index contributed by atoms with van der Waals surface area (Å²) in [6.07, 6.45) is 4.84. The third-order valence-corrected chi connectivity index (χ3v) is 4.93. The largest absolute Gasteiger partial charge is 0.484 e. The van der Waals surface area contributed by atoms with Crippen LogP contribution in [-0.4, -0.2) is 45.3 Å². The number of carbonyl (C=O) groups excluding carboxylic acids is 1. The van der Waals surface area contributed by atoms with Crippen molar-refractivity contribution in [2.45, 2.75) is 39.2 Å². The van der Waals surface area contributed by atoms with Gasteiger partial charge in [-0.15, -0.1) is 24.0 Å². The Kier molecular flexibility index (Phi) is 11.2. The van der Waals surface area contributed by atoms with Gasteiger partial charge in [0.25, 0.3) is 5.91 Å². The van der Waals surface area contributed by atoms with Crippen molar-refractivity contribution >= 4 is 35.8 Å². The Hall–Kier alpha value is -1.55. The Bertz CT molecular complexity index is 636. The molecule has 0 spiro atoms. The van der Waals surface area contributed by atoms with Crippen molar-refractivity contribution in [2.24, 2.45) is 16.1 Å². The molecule has 1 aromatic rings. The molecule has 0 atom stereocenters. The van der Waals surface area contributed by atoms with Gasteiger partial charge in [-0.25, -0.2) is 4.99 Å². The number of nitrogens with zero attached hydrogens (tertiary/aromatic N) is 1. The molecule has 0 aliphatic heterocycles. The number of halogens is 1. The van der Waals surface area contributed by atoms with Crippen LogP contribution in [0.2, 0.25) is 0 Å². The van der Waals surface area contributed by atoms with E-state index in [1.165, 1.54) is 19.3 Å². The van der Waals surface area contributed by atoms with Crippen LogP contribution in [0, 0.1) is 5.41 Å². The molecule has 1 aliphatic carbocycles. The number of nitrogens with one attached hydrogen (secondary N) is 2. The van der Waals surface area contributed by atoms with Crippen molar-refractivity contribution in [3.8, 4) is 5.75 Å². The molecule has 1 amide bonds. The van der Waals surface area contributed by atoms with Gasteiger partial charge < -0.3 is 25.8 Å². The number of benzene rings is 1. The third-order valence-electron chi connectivity index (χ3n) is 4.93. The van der Waals surface area contributed by atoms with Crippen molar-refractivity contribution in [1.29, 1.82) is 0 Å². The monoisotopic (exact) mass is 504 g/mol. The van der Waals surface area contributed by atoms with E-state index in [0.29, 0.717) is 17.7 Å². The summed E-state index contributed by atoms with van der Waals surface area (Å²) in [6, 6.07) is 7.55. The quantitative estimate of drug-likeness (QED) is 0.244. The number of hydrogen-bond acceptors (Lipinski definition) is 4. The number of primary amides is 1. The molecule has 7 nitrogen and oxygen atoms in total. The predicted octanol–water partition coefficient (Wildman–Crippen LogP) is 2.43. The second kappa shape index (κ2) is 12.8. The Balaban J connectivity index is 0.00000392. The van der Waals surface area contributed by atoms with Crippen LogP contribution in [0.25, 0.3) is 0 Å². The molecule has 0 saturated heterocycles. The Morgan fingerprint density at radius 2 is 2.11 bits per heavy atom. The first-order valence-electron chi connectivity index (χ1n) is 9.58. The maximum atomic E-state index is 10.8. The van der Waals surface area contributed by atoms with Crippen molar-refractivity contribution in [3.63, 3.8) is 0 Å². The molecule has 0 bridgehead atoms. The first-order chi connectivity index (χ1) is 13.1. The number of carbonyl (C=O) groups is 1. The molecule has 1 aliphatic rings. The van der Waals surface area contributed by atoms with E-state index < -0.39 is 5.91 Å². The van der Waals surface area contributed by atoms with Crippen LogP contribution in [0.3, 0.4) is 0 Å². The summed E-state index contributed by atoms with van der Waals surface area (Å²) in [5, 5.41) is 6.79. The maximum Gasteiger partial charge on any atom is 0.255 e. The average molecular weight is 504 g/mol. The van der Waals surface area contributed by atoms with Crippen LogP contribution in [0.4, 0.5) is 0 Å². The zero-order chi connectivity index (χ0) is 19.5. The highest BCUT2D eigenvalue weighted by atomic mass is 127. The van der Waals surface area contributed by atoms with Crippen molar-refractivity contribution in [3.05, 3.63) is 29.8 Å². The second-order valence-corrected chi connectivity index (χ2v) is 7.05. The Morgan fingerprint density at radius 3 is 2.71 bits per heavy atom. The molecule has 2 rings (SSSR count). The van der Waals surface area contributed by atoms with Gasteiger partial charge in [-0.1, -0.05) is 18.6 Å². The molecule has 0 unspecified atom stereocenters. The fraction of sp³-hybridized carbons (Fsp3) is 0.600. The van der Waals surface area contributed by atoms with Gasteiger partial charge in [0.05, 0.1) is 6.54 Å². The van der Waals surface area contributed by atoms with Crippen LogP contribution in [0.15, 0.2) is 29.3 Å². The molecule has 1 aromatic carbocycles. The first-order valence-corrected chi connectivity index (χ1v) is 9.58. The fourth-order valence-electron chi connectivity index (χ4n) is 3.18. The summed E-state index contributed by atoms with van der Waals surface area (Å²) in [5.74, 6) is 0.938. The normalized spacial score (nSPS) is 15.1. The van der Waals surface area contributed by atoms with Gasteiger partial charge in [-0.3, -0.25) is 4.79 Å². The summed E-state index contributed by atoms with van der Waals surface area (Å²) in [6.45, 7) is 4.96. The molecule has 158 valence electrons. The van der Waals surface area contributed by atoms with Crippen molar-refractivity contribution in [1.82, 2.24) is 10.6 Å². The lowest BCUT2D eigenvalue weighted by molar-refractivity contribution is -0.119. The molecule has 0 heterocycles. The molecule has 1 saturated carbocycles. The number of guanidine groups is 1. The lowest BCUT2D eigenvalue weighted by atomic mass is 9.67. The summed E-state index contributed by atoms with van der Waals surface area (Å²) in [4.78, 5) is 15.5. The van der Waals surface area contributed by atoms with Crippen LogP contribution in [-0.2, 0) is 16.1 Å². The van der Waals surface area contributed by atoms with Gasteiger partial charge in [0, 0.05) is 26.8 Å². The van der Waals surface area contributed by atoms with Gasteiger partial charge in [-0.05, 0) is 49.3 Å². The molecule has 28 heavy (non-hydrogen) atoms. The fourth-order valence-corrected chi connectivity index (χ4v) is 3.18. The number of nitrogens with two attached hydrogens (primary N) is 1. The third kappa shape index (κ3) is 8.22.